The summed E-state index contributed by atoms with van der Waals surface area (Å²) in [6.07, 6.45) is 1.80. The van der Waals surface area contributed by atoms with Crippen LogP contribution >= 0.6 is 0 Å². The summed E-state index contributed by atoms with van der Waals surface area (Å²) < 4.78 is 12.2. The SMILES string of the molecule is CCOC(=O)c1nn(-c2ccc(OC)cc2)c2c1C1(CC1)CN(c1ccc(C)cc1)C2=O. The number of hydrogen-bond acceptors (Lipinski definition) is 5. The van der Waals surface area contributed by atoms with E-state index in [1.54, 1.807) is 18.7 Å². The van der Waals surface area contributed by atoms with Gasteiger partial charge in [-0.3, -0.25) is 4.79 Å². The Morgan fingerprint density at radius 2 is 1.72 bits per heavy atom. The lowest BCUT2D eigenvalue weighted by atomic mass is 9.88. The Hall–Kier alpha value is -3.61. The molecule has 7 nitrogen and oxygen atoms in total. The van der Waals surface area contributed by atoms with Crippen LogP contribution in [0.4, 0.5) is 5.69 Å². The largest absolute Gasteiger partial charge is 0.497 e. The molecule has 1 aliphatic carbocycles. The highest BCUT2D eigenvalue weighted by atomic mass is 16.5. The molecule has 0 N–H and O–H groups in total. The number of esters is 1. The van der Waals surface area contributed by atoms with Gasteiger partial charge in [-0.15, -0.1) is 0 Å². The molecule has 7 heteroatoms. The predicted molar refractivity (Wildman–Crippen MR) is 120 cm³/mol. The van der Waals surface area contributed by atoms with Gasteiger partial charge < -0.3 is 14.4 Å². The standard InChI is InChI=1S/C25H25N3O4/c1-4-32-24(30)21-20-22(28(26-21)18-9-11-19(31-3)12-10-18)23(29)27(15-25(20)13-14-25)17-7-5-16(2)6-8-17/h5-12H,4,13-15H2,1-3H3. The lowest BCUT2D eigenvalue weighted by Gasteiger charge is -2.33. The van der Waals surface area contributed by atoms with Crippen LogP contribution in [-0.4, -0.2) is 41.9 Å². The highest BCUT2D eigenvalue weighted by Crippen LogP contribution is 2.54. The second-order valence-electron chi connectivity index (χ2n) is 8.41. The summed E-state index contributed by atoms with van der Waals surface area (Å²) in [6, 6.07) is 15.2. The van der Waals surface area contributed by atoms with Gasteiger partial charge in [0.15, 0.2) is 5.69 Å². The minimum absolute atomic E-state index is 0.166. The fourth-order valence-electron chi connectivity index (χ4n) is 4.44. The summed E-state index contributed by atoms with van der Waals surface area (Å²) in [5.74, 6) is 0.0470. The van der Waals surface area contributed by atoms with E-state index >= 15 is 0 Å². The van der Waals surface area contributed by atoms with Gasteiger partial charge in [-0.05, 0) is 63.1 Å². The molecular formula is C25H25N3O4. The number of methoxy groups -OCH3 is 1. The molecule has 0 bridgehead atoms. The van der Waals surface area contributed by atoms with Crippen molar-refractivity contribution in [2.24, 2.45) is 0 Å². The van der Waals surface area contributed by atoms with Crippen LogP contribution in [0.2, 0.25) is 0 Å². The molecule has 1 fully saturated rings. The summed E-state index contributed by atoms with van der Waals surface area (Å²) in [5, 5.41) is 4.62. The predicted octanol–water partition coefficient (Wildman–Crippen LogP) is 4.06. The van der Waals surface area contributed by atoms with Crippen LogP contribution in [0.3, 0.4) is 0 Å². The van der Waals surface area contributed by atoms with Crippen LogP contribution in [0.15, 0.2) is 48.5 Å². The van der Waals surface area contributed by atoms with Crippen molar-refractivity contribution in [3.63, 3.8) is 0 Å². The molecule has 1 aromatic heterocycles. The van der Waals surface area contributed by atoms with Gasteiger partial charge in [0.2, 0.25) is 0 Å². The van der Waals surface area contributed by atoms with Gasteiger partial charge in [0, 0.05) is 23.2 Å². The number of fused-ring (bicyclic) bond motifs is 2. The highest BCUT2D eigenvalue weighted by molar-refractivity contribution is 6.10. The Morgan fingerprint density at radius 3 is 2.31 bits per heavy atom. The smallest absolute Gasteiger partial charge is 0.359 e. The van der Waals surface area contributed by atoms with Crippen molar-refractivity contribution in [1.29, 1.82) is 0 Å². The van der Waals surface area contributed by atoms with E-state index in [2.05, 4.69) is 5.10 Å². The van der Waals surface area contributed by atoms with Gasteiger partial charge in [-0.1, -0.05) is 17.7 Å². The number of anilines is 1. The number of ether oxygens (including phenoxy) is 2. The van der Waals surface area contributed by atoms with Gasteiger partial charge in [0.1, 0.15) is 11.4 Å². The van der Waals surface area contributed by atoms with Crippen molar-refractivity contribution >= 4 is 17.6 Å². The maximum Gasteiger partial charge on any atom is 0.359 e. The summed E-state index contributed by atoms with van der Waals surface area (Å²) >= 11 is 0. The van der Waals surface area contributed by atoms with Crippen molar-refractivity contribution in [2.75, 3.05) is 25.2 Å². The minimum atomic E-state index is -0.487. The number of rotatable bonds is 5. The van der Waals surface area contributed by atoms with Crippen LogP contribution in [0.25, 0.3) is 5.69 Å². The molecule has 2 heterocycles. The quantitative estimate of drug-likeness (QED) is 0.570. The van der Waals surface area contributed by atoms with Crippen molar-refractivity contribution in [3.8, 4) is 11.4 Å². The van der Waals surface area contributed by atoms with Crippen LogP contribution in [0, 0.1) is 6.92 Å². The third-order valence-electron chi connectivity index (χ3n) is 6.31. The lowest BCUT2D eigenvalue weighted by molar-refractivity contribution is 0.0516. The van der Waals surface area contributed by atoms with E-state index in [9.17, 15) is 9.59 Å². The van der Waals surface area contributed by atoms with Gasteiger partial charge in [0.05, 0.1) is 19.4 Å². The Balaban J connectivity index is 1.69. The number of carbonyl (C=O) groups excluding carboxylic acids is 2. The topological polar surface area (TPSA) is 73.7 Å². The number of aromatic nitrogens is 2. The minimum Gasteiger partial charge on any atom is -0.497 e. The molecule has 0 saturated heterocycles. The van der Waals surface area contributed by atoms with E-state index in [0.717, 1.165) is 29.7 Å². The Bertz CT molecular complexity index is 1190. The number of benzene rings is 2. The molecule has 164 valence electrons. The molecule has 32 heavy (non-hydrogen) atoms. The van der Waals surface area contributed by atoms with E-state index in [-0.39, 0.29) is 23.6 Å². The molecule has 3 aromatic rings. The second kappa shape index (κ2) is 7.51. The molecule has 0 unspecified atom stereocenters. The van der Waals surface area contributed by atoms with Gasteiger partial charge in [0.25, 0.3) is 5.91 Å². The first-order chi connectivity index (χ1) is 15.5. The molecule has 1 saturated carbocycles. The molecule has 1 aliphatic heterocycles. The molecule has 5 rings (SSSR count). The van der Waals surface area contributed by atoms with Crippen molar-refractivity contribution in [2.45, 2.75) is 32.1 Å². The zero-order valence-corrected chi connectivity index (χ0v) is 18.4. The number of amides is 1. The summed E-state index contributed by atoms with van der Waals surface area (Å²) in [7, 11) is 1.60. The van der Waals surface area contributed by atoms with E-state index in [0.29, 0.717) is 23.7 Å². The molecule has 2 aliphatic rings. The third kappa shape index (κ3) is 3.16. The van der Waals surface area contributed by atoms with Crippen LogP contribution in [0.1, 0.15) is 51.9 Å². The maximum absolute atomic E-state index is 13.8. The van der Waals surface area contributed by atoms with Crippen molar-refractivity contribution in [1.82, 2.24) is 9.78 Å². The monoisotopic (exact) mass is 431 g/mol. The van der Waals surface area contributed by atoms with Crippen LogP contribution < -0.4 is 9.64 Å². The van der Waals surface area contributed by atoms with Gasteiger partial charge in [-0.25, -0.2) is 9.48 Å². The summed E-state index contributed by atoms with van der Waals surface area (Å²) in [4.78, 5) is 28.5. The molecule has 1 spiro atoms. The number of hydrogen-bond donors (Lipinski definition) is 0. The average molecular weight is 431 g/mol. The number of carbonyl (C=O) groups is 2. The molecule has 2 aromatic carbocycles. The van der Waals surface area contributed by atoms with Crippen LogP contribution in [-0.2, 0) is 10.2 Å². The second-order valence-corrected chi connectivity index (χ2v) is 8.41. The third-order valence-corrected chi connectivity index (χ3v) is 6.31. The van der Waals surface area contributed by atoms with Gasteiger partial charge in [-0.2, -0.15) is 5.10 Å². The molecule has 0 radical (unpaired) electrons. The molecular weight excluding hydrogens is 406 g/mol. The van der Waals surface area contributed by atoms with E-state index in [1.807, 2.05) is 60.4 Å². The molecule has 0 atom stereocenters. The average Bonchev–Trinajstić information content (AvgIpc) is 3.45. The number of nitrogens with zero attached hydrogens (tertiary/aromatic N) is 3. The zero-order chi connectivity index (χ0) is 22.5. The van der Waals surface area contributed by atoms with E-state index in [4.69, 9.17) is 9.47 Å². The van der Waals surface area contributed by atoms with Crippen LogP contribution in [0.5, 0.6) is 5.75 Å². The normalized spacial score (nSPS) is 16.1. The number of aryl methyl sites for hydroxylation is 1. The van der Waals surface area contributed by atoms with Crippen molar-refractivity contribution < 1.29 is 19.1 Å². The Morgan fingerprint density at radius 1 is 1.06 bits per heavy atom. The lowest BCUT2D eigenvalue weighted by Crippen LogP contribution is -2.44. The first kappa shape index (κ1) is 20.3. The Kier molecular flexibility index (Phi) is 4.77. The summed E-state index contributed by atoms with van der Waals surface area (Å²) in [6.45, 7) is 4.57. The fourth-order valence-corrected chi connectivity index (χ4v) is 4.44. The highest BCUT2D eigenvalue weighted by Gasteiger charge is 2.56. The van der Waals surface area contributed by atoms with Gasteiger partial charge >= 0.3 is 5.97 Å². The zero-order valence-electron chi connectivity index (χ0n) is 18.4. The maximum atomic E-state index is 13.8. The van der Waals surface area contributed by atoms with E-state index < -0.39 is 5.97 Å². The van der Waals surface area contributed by atoms with E-state index in [1.165, 1.54) is 0 Å². The summed E-state index contributed by atoms with van der Waals surface area (Å²) in [5.41, 5.74) is 3.79. The molecule has 1 amide bonds. The Labute approximate surface area is 186 Å². The first-order valence-corrected chi connectivity index (χ1v) is 10.8. The fraction of sp³-hybridized carbons (Fsp3) is 0.320. The first-order valence-electron chi connectivity index (χ1n) is 10.8. The van der Waals surface area contributed by atoms with Crippen molar-refractivity contribution in [3.05, 3.63) is 71.0 Å².